The van der Waals surface area contributed by atoms with Crippen LogP contribution in [0.4, 0.5) is 0 Å². The summed E-state index contributed by atoms with van der Waals surface area (Å²) in [6, 6.07) is 16.6. The van der Waals surface area contributed by atoms with Crippen LogP contribution in [0, 0.1) is 0 Å². The second-order valence-electron chi connectivity index (χ2n) is 6.51. The van der Waals surface area contributed by atoms with E-state index in [1.165, 1.54) is 24.0 Å². The minimum absolute atomic E-state index is 0.0411. The predicted octanol–water partition coefficient (Wildman–Crippen LogP) is 1.10. The number of hydrogen-bond donors (Lipinski definition) is 1. The van der Waals surface area contributed by atoms with E-state index in [0.717, 1.165) is 13.0 Å². The van der Waals surface area contributed by atoms with Crippen LogP contribution in [0.2, 0.25) is 0 Å². The highest BCUT2D eigenvalue weighted by Crippen LogP contribution is 2.15. The van der Waals surface area contributed by atoms with E-state index in [2.05, 4.69) is 32.6 Å². The van der Waals surface area contributed by atoms with Crippen LogP contribution in [0.15, 0.2) is 59.5 Å². The molecule has 0 radical (unpaired) electrons. The van der Waals surface area contributed by atoms with Crippen LogP contribution < -0.4 is 0 Å². The summed E-state index contributed by atoms with van der Waals surface area (Å²) in [5, 5.41) is 21.3. The second-order valence-corrected chi connectivity index (χ2v) is 8.52. The largest absolute Gasteiger partial charge is 0.395 e. The number of benzene rings is 2. The molecule has 9 heteroatoms. The monoisotopic (exact) mass is 401 g/mol. The number of aliphatic hydroxyl groups is 1. The molecule has 0 amide bonds. The second kappa shape index (κ2) is 9.05. The van der Waals surface area contributed by atoms with Gasteiger partial charge >= 0.3 is 0 Å². The molecule has 0 aliphatic rings. The van der Waals surface area contributed by atoms with Crippen molar-refractivity contribution in [2.75, 3.05) is 26.0 Å². The van der Waals surface area contributed by atoms with Crippen molar-refractivity contribution < 1.29 is 13.5 Å². The topological polar surface area (TPSA) is 101 Å². The Morgan fingerprint density at radius 3 is 2.39 bits per heavy atom. The van der Waals surface area contributed by atoms with Crippen LogP contribution in [0.1, 0.15) is 11.4 Å². The number of rotatable bonds is 9. The van der Waals surface area contributed by atoms with E-state index < -0.39 is 9.84 Å². The van der Waals surface area contributed by atoms with E-state index in [0.29, 0.717) is 24.6 Å². The molecule has 148 valence electrons. The molecule has 0 atom stereocenters. The van der Waals surface area contributed by atoms with Gasteiger partial charge < -0.3 is 5.11 Å². The molecule has 3 rings (SSSR count). The number of tetrazole rings is 1. The molecule has 1 N–H and O–H groups in total. The van der Waals surface area contributed by atoms with Crippen molar-refractivity contribution in [1.82, 2.24) is 25.1 Å². The van der Waals surface area contributed by atoms with Crippen LogP contribution in [0.5, 0.6) is 0 Å². The third-order valence-electron chi connectivity index (χ3n) is 4.38. The van der Waals surface area contributed by atoms with Gasteiger partial charge in [-0.1, -0.05) is 30.3 Å². The molecule has 0 bridgehead atoms. The van der Waals surface area contributed by atoms with Gasteiger partial charge in [-0.2, -0.15) is 4.68 Å². The Balaban J connectivity index is 1.73. The minimum Gasteiger partial charge on any atom is -0.395 e. The maximum Gasteiger partial charge on any atom is 0.175 e. The number of hydrogen-bond acceptors (Lipinski definition) is 7. The molecule has 0 aliphatic heterocycles. The lowest BCUT2D eigenvalue weighted by atomic mass is 10.1. The lowest BCUT2D eigenvalue weighted by Gasteiger charge is -2.20. The first-order chi connectivity index (χ1) is 13.5. The van der Waals surface area contributed by atoms with Gasteiger partial charge in [-0.25, -0.2) is 8.42 Å². The van der Waals surface area contributed by atoms with Gasteiger partial charge in [-0.15, -0.1) is 5.10 Å². The Hall–Kier alpha value is -2.62. The number of aromatic nitrogens is 4. The number of sulfone groups is 1. The zero-order valence-electron chi connectivity index (χ0n) is 15.6. The molecular weight excluding hydrogens is 378 g/mol. The van der Waals surface area contributed by atoms with Gasteiger partial charge in [0.05, 0.1) is 23.7 Å². The summed E-state index contributed by atoms with van der Waals surface area (Å²) >= 11 is 0. The minimum atomic E-state index is -3.26. The van der Waals surface area contributed by atoms with E-state index >= 15 is 0 Å². The average Bonchev–Trinajstić information content (AvgIpc) is 3.15. The summed E-state index contributed by atoms with van der Waals surface area (Å²) in [5.74, 6) is 0.619. The molecule has 0 saturated carbocycles. The maximum atomic E-state index is 11.6. The number of nitrogens with zero attached hydrogens (tertiary/aromatic N) is 5. The highest BCUT2D eigenvalue weighted by molar-refractivity contribution is 7.90. The predicted molar refractivity (Wildman–Crippen MR) is 105 cm³/mol. The van der Waals surface area contributed by atoms with Gasteiger partial charge in [-0.3, -0.25) is 4.90 Å². The summed E-state index contributed by atoms with van der Waals surface area (Å²) in [4.78, 5) is 2.33. The van der Waals surface area contributed by atoms with Crippen molar-refractivity contribution in [3.8, 4) is 5.69 Å². The Morgan fingerprint density at radius 2 is 1.75 bits per heavy atom. The summed E-state index contributed by atoms with van der Waals surface area (Å²) in [6.07, 6.45) is 2.02. The van der Waals surface area contributed by atoms with Gasteiger partial charge in [0.1, 0.15) is 0 Å². The first-order valence-corrected chi connectivity index (χ1v) is 10.8. The van der Waals surface area contributed by atoms with Crippen LogP contribution in [-0.2, 0) is 22.8 Å². The van der Waals surface area contributed by atoms with Crippen LogP contribution in [0.3, 0.4) is 0 Å². The molecular formula is C19H23N5O3S. The smallest absolute Gasteiger partial charge is 0.175 e. The molecule has 8 nitrogen and oxygen atoms in total. The standard InChI is InChI=1S/C19H23N5O3S/c1-28(26,27)18-9-7-17(8-10-18)24-19(20-21-22-24)15-23(13-14-25)12-11-16-5-3-2-4-6-16/h2-10,25H,11-15H2,1H3. The van der Waals surface area contributed by atoms with Gasteiger partial charge in [0.15, 0.2) is 15.7 Å². The quantitative estimate of drug-likeness (QED) is 0.573. The molecule has 0 aliphatic carbocycles. The average molecular weight is 401 g/mol. The van der Waals surface area contributed by atoms with Crippen LogP contribution in [-0.4, -0.2) is 64.6 Å². The van der Waals surface area contributed by atoms with Gasteiger partial charge in [0.2, 0.25) is 0 Å². The van der Waals surface area contributed by atoms with Crippen molar-refractivity contribution in [2.24, 2.45) is 0 Å². The number of aliphatic hydroxyl groups excluding tert-OH is 1. The normalized spacial score (nSPS) is 11.8. The Labute approximate surface area is 164 Å². The molecule has 0 fully saturated rings. The molecule has 2 aromatic carbocycles. The third-order valence-corrected chi connectivity index (χ3v) is 5.51. The molecule has 3 aromatic rings. The third kappa shape index (κ3) is 5.22. The van der Waals surface area contributed by atoms with Crippen LogP contribution in [0.25, 0.3) is 5.69 Å². The SMILES string of the molecule is CS(=O)(=O)c1ccc(-n2nnnc2CN(CCO)CCc2ccccc2)cc1. The first-order valence-electron chi connectivity index (χ1n) is 8.92. The fourth-order valence-electron chi connectivity index (χ4n) is 2.88. The van der Waals surface area contributed by atoms with Gasteiger partial charge in [0.25, 0.3) is 0 Å². The zero-order chi connectivity index (χ0) is 20.0. The van der Waals surface area contributed by atoms with E-state index in [-0.39, 0.29) is 11.5 Å². The van der Waals surface area contributed by atoms with Crippen molar-refractivity contribution in [2.45, 2.75) is 17.9 Å². The molecule has 0 saturated heterocycles. The Kier molecular flexibility index (Phi) is 6.50. The van der Waals surface area contributed by atoms with E-state index in [1.807, 2.05) is 18.2 Å². The molecule has 0 unspecified atom stereocenters. The summed E-state index contributed by atoms with van der Waals surface area (Å²) in [7, 11) is -3.26. The molecule has 0 spiro atoms. The van der Waals surface area contributed by atoms with E-state index in [9.17, 15) is 13.5 Å². The van der Waals surface area contributed by atoms with Gasteiger partial charge in [0, 0.05) is 19.3 Å². The fourth-order valence-corrected chi connectivity index (χ4v) is 3.51. The summed E-state index contributed by atoms with van der Waals surface area (Å²) in [5.41, 5.74) is 1.90. The summed E-state index contributed by atoms with van der Waals surface area (Å²) < 4.78 is 24.8. The maximum absolute atomic E-state index is 11.6. The fraction of sp³-hybridized carbons (Fsp3) is 0.316. The zero-order valence-corrected chi connectivity index (χ0v) is 16.5. The van der Waals surface area contributed by atoms with Crippen molar-refractivity contribution in [1.29, 1.82) is 0 Å². The lowest BCUT2D eigenvalue weighted by Crippen LogP contribution is -2.30. The molecule has 28 heavy (non-hydrogen) atoms. The first kappa shape index (κ1) is 20.1. The van der Waals surface area contributed by atoms with E-state index in [4.69, 9.17) is 0 Å². The van der Waals surface area contributed by atoms with Crippen LogP contribution >= 0.6 is 0 Å². The molecule has 1 heterocycles. The Morgan fingerprint density at radius 1 is 1.04 bits per heavy atom. The van der Waals surface area contributed by atoms with Crippen molar-refractivity contribution in [3.05, 3.63) is 66.0 Å². The Bertz CT molecular complexity index is 988. The summed E-state index contributed by atoms with van der Waals surface area (Å²) in [6.45, 7) is 1.77. The highest BCUT2D eigenvalue weighted by atomic mass is 32.2. The highest BCUT2D eigenvalue weighted by Gasteiger charge is 2.14. The molecule has 1 aromatic heterocycles. The van der Waals surface area contributed by atoms with Gasteiger partial charge in [-0.05, 0) is 46.7 Å². The lowest BCUT2D eigenvalue weighted by molar-refractivity contribution is 0.187. The van der Waals surface area contributed by atoms with Crippen molar-refractivity contribution >= 4 is 9.84 Å². The van der Waals surface area contributed by atoms with E-state index in [1.54, 1.807) is 16.8 Å². The van der Waals surface area contributed by atoms with Crippen molar-refractivity contribution in [3.63, 3.8) is 0 Å².